The predicted octanol–water partition coefficient (Wildman–Crippen LogP) is 2.14. The van der Waals surface area contributed by atoms with Gasteiger partial charge in [-0.2, -0.15) is 0 Å². The first kappa shape index (κ1) is 13.6. The zero-order valence-corrected chi connectivity index (χ0v) is 12.2. The molecule has 1 aliphatic rings. The van der Waals surface area contributed by atoms with Gasteiger partial charge in [-0.25, -0.2) is 0 Å². The van der Waals surface area contributed by atoms with Crippen LogP contribution in [-0.4, -0.2) is 22.4 Å². The topological polar surface area (TPSA) is 42.3 Å². The molecule has 0 saturated heterocycles. The number of hydrogen-bond acceptors (Lipinski definition) is 2. The van der Waals surface area contributed by atoms with Crippen molar-refractivity contribution < 1.29 is 4.79 Å². The lowest BCUT2D eigenvalue weighted by Crippen LogP contribution is -2.31. The maximum absolute atomic E-state index is 12.6. The van der Waals surface area contributed by atoms with Crippen LogP contribution in [-0.2, 0) is 13.5 Å². The van der Waals surface area contributed by atoms with Gasteiger partial charge in [0.1, 0.15) is 0 Å². The van der Waals surface area contributed by atoms with E-state index >= 15 is 0 Å². The van der Waals surface area contributed by atoms with E-state index < -0.39 is 0 Å². The highest BCUT2D eigenvalue weighted by Crippen LogP contribution is 2.35. The standard InChI is InChI=1S/C17H18N2O2/c1-18-10-9-13(11-16(18)20)17(21)19(2)15-8-7-12-5-3-4-6-14(12)15/h3-6,9-11,15H,7-8H2,1-2H3. The van der Waals surface area contributed by atoms with Crippen LogP contribution in [0.25, 0.3) is 0 Å². The van der Waals surface area contributed by atoms with Crippen LogP contribution in [0, 0.1) is 0 Å². The second-order valence-electron chi connectivity index (χ2n) is 5.53. The second kappa shape index (κ2) is 5.20. The maximum Gasteiger partial charge on any atom is 0.254 e. The number of rotatable bonds is 2. The van der Waals surface area contributed by atoms with E-state index in [1.54, 1.807) is 24.2 Å². The zero-order valence-electron chi connectivity index (χ0n) is 12.2. The van der Waals surface area contributed by atoms with Gasteiger partial charge >= 0.3 is 0 Å². The molecule has 0 bridgehead atoms. The Morgan fingerprint density at radius 3 is 2.81 bits per heavy atom. The average molecular weight is 282 g/mol. The van der Waals surface area contributed by atoms with Crippen LogP contribution in [0.2, 0.25) is 0 Å². The Morgan fingerprint density at radius 2 is 2.05 bits per heavy atom. The van der Waals surface area contributed by atoms with E-state index in [2.05, 4.69) is 12.1 Å². The monoisotopic (exact) mass is 282 g/mol. The van der Waals surface area contributed by atoms with E-state index in [-0.39, 0.29) is 17.5 Å². The Hall–Kier alpha value is -2.36. The lowest BCUT2D eigenvalue weighted by Gasteiger charge is -2.25. The van der Waals surface area contributed by atoms with Gasteiger partial charge < -0.3 is 9.47 Å². The van der Waals surface area contributed by atoms with Gasteiger partial charge in [-0.15, -0.1) is 0 Å². The second-order valence-corrected chi connectivity index (χ2v) is 5.53. The summed E-state index contributed by atoms with van der Waals surface area (Å²) in [4.78, 5) is 26.0. The van der Waals surface area contributed by atoms with E-state index in [0.29, 0.717) is 5.56 Å². The Kier molecular flexibility index (Phi) is 3.37. The van der Waals surface area contributed by atoms with Gasteiger partial charge in [0.2, 0.25) is 0 Å². The lowest BCUT2D eigenvalue weighted by atomic mass is 10.1. The van der Waals surface area contributed by atoms with Crippen molar-refractivity contribution in [1.29, 1.82) is 0 Å². The van der Waals surface area contributed by atoms with Crippen molar-refractivity contribution in [3.05, 3.63) is 69.6 Å². The van der Waals surface area contributed by atoms with Crippen LogP contribution in [0.4, 0.5) is 0 Å². The first-order valence-electron chi connectivity index (χ1n) is 7.09. The van der Waals surface area contributed by atoms with Crippen LogP contribution >= 0.6 is 0 Å². The lowest BCUT2D eigenvalue weighted by molar-refractivity contribution is 0.0730. The van der Waals surface area contributed by atoms with Crippen molar-refractivity contribution in [2.24, 2.45) is 7.05 Å². The van der Waals surface area contributed by atoms with Crippen molar-refractivity contribution in [3.63, 3.8) is 0 Å². The van der Waals surface area contributed by atoms with Crippen molar-refractivity contribution in [1.82, 2.24) is 9.47 Å². The average Bonchev–Trinajstić information content (AvgIpc) is 2.92. The fourth-order valence-corrected chi connectivity index (χ4v) is 2.96. The van der Waals surface area contributed by atoms with E-state index in [1.807, 2.05) is 19.2 Å². The minimum atomic E-state index is -0.166. The number of carbonyl (C=O) groups excluding carboxylic acids is 1. The number of aryl methyl sites for hydroxylation is 2. The van der Waals surface area contributed by atoms with Gasteiger partial charge in [-0.3, -0.25) is 9.59 Å². The van der Waals surface area contributed by atoms with Crippen molar-refractivity contribution in [2.45, 2.75) is 18.9 Å². The van der Waals surface area contributed by atoms with Crippen LogP contribution < -0.4 is 5.56 Å². The summed E-state index contributed by atoms with van der Waals surface area (Å²) in [6, 6.07) is 11.4. The SMILES string of the molecule is CN(C(=O)c1ccn(C)c(=O)c1)C1CCc2ccccc21. The fourth-order valence-electron chi connectivity index (χ4n) is 2.96. The Bertz CT molecular complexity index is 748. The molecule has 1 unspecified atom stereocenters. The quantitative estimate of drug-likeness (QED) is 0.847. The highest BCUT2D eigenvalue weighted by molar-refractivity contribution is 5.94. The molecule has 4 heteroatoms. The number of carbonyl (C=O) groups is 1. The summed E-state index contributed by atoms with van der Waals surface area (Å²) < 4.78 is 1.46. The van der Waals surface area contributed by atoms with Gasteiger partial charge in [0.25, 0.3) is 11.5 Å². The molecule has 4 nitrogen and oxygen atoms in total. The van der Waals surface area contributed by atoms with Crippen LogP contribution in [0.15, 0.2) is 47.4 Å². The van der Waals surface area contributed by atoms with Gasteiger partial charge in [0.05, 0.1) is 6.04 Å². The molecule has 1 amide bonds. The van der Waals surface area contributed by atoms with Crippen molar-refractivity contribution in [2.75, 3.05) is 7.05 Å². The van der Waals surface area contributed by atoms with Crippen molar-refractivity contribution >= 4 is 5.91 Å². The number of nitrogens with zero attached hydrogens (tertiary/aromatic N) is 2. The zero-order chi connectivity index (χ0) is 15.0. The number of benzene rings is 1. The first-order chi connectivity index (χ1) is 10.1. The molecule has 21 heavy (non-hydrogen) atoms. The Balaban J connectivity index is 1.89. The van der Waals surface area contributed by atoms with E-state index in [1.165, 1.54) is 21.8 Å². The summed E-state index contributed by atoms with van der Waals surface area (Å²) in [6.07, 6.45) is 3.56. The summed E-state index contributed by atoms with van der Waals surface area (Å²) in [5.74, 6) is -0.102. The predicted molar refractivity (Wildman–Crippen MR) is 81.3 cm³/mol. The maximum atomic E-state index is 12.6. The third-order valence-corrected chi connectivity index (χ3v) is 4.24. The summed E-state index contributed by atoms with van der Waals surface area (Å²) in [6.45, 7) is 0. The summed E-state index contributed by atoms with van der Waals surface area (Å²) >= 11 is 0. The molecular formula is C17H18N2O2. The Morgan fingerprint density at radius 1 is 1.29 bits per heavy atom. The molecule has 0 radical (unpaired) electrons. The summed E-state index contributed by atoms with van der Waals surface area (Å²) in [7, 11) is 3.49. The third-order valence-electron chi connectivity index (χ3n) is 4.24. The number of pyridine rings is 1. The molecule has 1 atom stereocenters. The number of aromatic nitrogens is 1. The molecule has 3 rings (SSSR count). The van der Waals surface area contributed by atoms with E-state index in [9.17, 15) is 9.59 Å². The molecule has 1 aromatic carbocycles. The van der Waals surface area contributed by atoms with Gasteiger partial charge in [-0.1, -0.05) is 24.3 Å². The highest BCUT2D eigenvalue weighted by Gasteiger charge is 2.28. The normalized spacial score (nSPS) is 16.6. The van der Waals surface area contributed by atoms with E-state index in [0.717, 1.165) is 12.8 Å². The molecule has 1 heterocycles. The van der Waals surface area contributed by atoms with Gasteiger partial charge in [0, 0.05) is 31.9 Å². The minimum Gasteiger partial charge on any atom is -0.335 e. The molecule has 0 spiro atoms. The molecule has 0 N–H and O–H groups in total. The smallest absolute Gasteiger partial charge is 0.254 e. The molecule has 1 aliphatic carbocycles. The number of hydrogen-bond donors (Lipinski definition) is 0. The van der Waals surface area contributed by atoms with Crippen molar-refractivity contribution in [3.8, 4) is 0 Å². The molecule has 0 fully saturated rings. The minimum absolute atomic E-state index is 0.0951. The molecule has 0 aliphatic heterocycles. The molecule has 2 aromatic rings. The number of fused-ring (bicyclic) bond motifs is 1. The van der Waals surface area contributed by atoms with Crippen LogP contribution in [0.3, 0.4) is 0 Å². The van der Waals surface area contributed by atoms with Crippen LogP contribution in [0.1, 0.15) is 33.9 Å². The van der Waals surface area contributed by atoms with Crippen LogP contribution in [0.5, 0.6) is 0 Å². The largest absolute Gasteiger partial charge is 0.335 e. The summed E-state index contributed by atoms with van der Waals surface area (Å²) in [5.41, 5.74) is 2.81. The molecular weight excluding hydrogens is 264 g/mol. The van der Waals surface area contributed by atoms with Gasteiger partial charge in [-0.05, 0) is 30.0 Å². The third kappa shape index (κ3) is 2.37. The first-order valence-corrected chi connectivity index (χ1v) is 7.09. The molecule has 108 valence electrons. The fraction of sp³-hybridized carbons (Fsp3) is 0.294. The Labute approximate surface area is 123 Å². The van der Waals surface area contributed by atoms with E-state index in [4.69, 9.17) is 0 Å². The molecule has 0 saturated carbocycles. The number of amides is 1. The van der Waals surface area contributed by atoms with Gasteiger partial charge in [0.15, 0.2) is 0 Å². The highest BCUT2D eigenvalue weighted by atomic mass is 16.2. The summed E-state index contributed by atoms with van der Waals surface area (Å²) in [5, 5.41) is 0. The molecule has 1 aromatic heterocycles.